The fourth-order valence-electron chi connectivity index (χ4n) is 3.93. The Kier molecular flexibility index (Phi) is 6.90. The summed E-state index contributed by atoms with van der Waals surface area (Å²) < 4.78 is 5.65. The summed E-state index contributed by atoms with van der Waals surface area (Å²) in [6.07, 6.45) is 8.11. The van der Waals surface area contributed by atoms with Crippen LogP contribution in [0.4, 0.5) is 5.95 Å². The normalized spacial score (nSPS) is 16.1. The molecule has 0 bridgehead atoms. The number of carbonyl (C=O) groups is 1. The average molecular weight is 400 g/mol. The van der Waals surface area contributed by atoms with Gasteiger partial charge in [0.1, 0.15) is 5.76 Å². The number of nitrogens with one attached hydrogen (secondary N) is 1. The highest BCUT2D eigenvalue weighted by atomic mass is 16.4. The molecule has 0 saturated heterocycles. The average Bonchev–Trinajstić information content (AvgIpc) is 3.15. The van der Waals surface area contributed by atoms with Crippen LogP contribution in [0.3, 0.4) is 0 Å². The molecule has 7 nitrogen and oxygen atoms in total. The standard InChI is InChI=1S/C22H33N5O2/c1-15(24-21(28)20-12-11-18(29-20)14-26(3)4)19-13-23-22(25-16(19)2)27(5)17-9-7-6-8-10-17/h11-13,15,17H,6-10,14H2,1-5H3,(H,24,28)/t15-/m1/s1. The summed E-state index contributed by atoms with van der Waals surface area (Å²) in [5, 5.41) is 2.99. The second kappa shape index (κ2) is 9.39. The summed E-state index contributed by atoms with van der Waals surface area (Å²) >= 11 is 0. The lowest BCUT2D eigenvalue weighted by atomic mass is 9.95. The SMILES string of the molecule is Cc1nc(N(C)C2CCCCC2)ncc1[C@@H](C)NC(=O)c1ccc(CN(C)C)o1. The first-order chi connectivity index (χ1) is 13.8. The smallest absolute Gasteiger partial charge is 0.287 e. The molecular formula is C22H33N5O2. The topological polar surface area (TPSA) is 74.5 Å². The molecular weight excluding hydrogens is 366 g/mol. The number of hydrogen-bond donors (Lipinski definition) is 1. The first-order valence-corrected chi connectivity index (χ1v) is 10.5. The molecule has 1 fully saturated rings. The highest BCUT2D eigenvalue weighted by Crippen LogP contribution is 2.25. The molecule has 1 aliphatic carbocycles. The largest absolute Gasteiger partial charge is 0.455 e. The van der Waals surface area contributed by atoms with Gasteiger partial charge in [0.25, 0.3) is 5.91 Å². The van der Waals surface area contributed by atoms with Gasteiger partial charge in [-0.3, -0.25) is 4.79 Å². The third-order valence-corrected chi connectivity index (χ3v) is 5.61. The quantitative estimate of drug-likeness (QED) is 0.765. The lowest BCUT2D eigenvalue weighted by molar-refractivity contribution is 0.0908. The van der Waals surface area contributed by atoms with Crippen LogP contribution in [0.15, 0.2) is 22.7 Å². The Balaban J connectivity index is 1.65. The molecule has 7 heteroatoms. The maximum Gasteiger partial charge on any atom is 0.287 e. The van der Waals surface area contributed by atoms with E-state index in [-0.39, 0.29) is 11.9 Å². The number of nitrogens with zero attached hydrogens (tertiary/aromatic N) is 4. The van der Waals surface area contributed by atoms with Crippen molar-refractivity contribution in [3.63, 3.8) is 0 Å². The number of aromatic nitrogens is 2. The van der Waals surface area contributed by atoms with Crippen molar-refractivity contribution in [3.8, 4) is 0 Å². The van der Waals surface area contributed by atoms with Gasteiger partial charge in [0, 0.05) is 30.5 Å². The van der Waals surface area contributed by atoms with E-state index in [1.165, 1.54) is 32.1 Å². The van der Waals surface area contributed by atoms with E-state index in [0.29, 0.717) is 18.3 Å². The molecule has 0 aromatic carbocycles. The van der Waals surface area contributed by atoms with Crippen molar-refractivity contribution in [2.75, 3.05) is 26.0 Å². The van der Waals surface area contributed by atoms with Gasteiger partial charge in [-0.25, -0.2) is 9.97 Å². The van der Waals surface area contributed by atoms with Crippen molar-refractivity contribution in [2.24, 2.45) is 0 Å². The minimum Gasteiger partial charge on any atom is -0.455 e. The van der Waals surface area contributed by atoms with Gasteiger partial charge in [-0.05, 0) is 52.9 Å². The molecule has 2 aromatic heterocycles. The molecule has 158 valence electrons. The maximum absolute atomic E-state index is 12.6. The second-order valence-corrected chi connectivity index (χ2v) is 8.31. The summed E-state index contributed by atoms with van der Waals surface area (Å²) in [7, 11) is 6.00. The molecule has 1 amide bonds. The van der Waals surface area contributed by atoms with Crippen LogP contribution in [0, 0.1) is 6.92 Å². The number of furan rings is 1. The van der Waals surface area contributed by atoms with E-state index in [1.54, 1.807) is 6.07 Å². The van der Waals surface area contributed by atoms with Gasteiger partial charge >= 0.3 is 0 Å². The molecule has 0 spiro atoms. The van der Waals surface area contributed by atoms with Gasteiger partial charge < -0.3 is 19.5 Å². The third-order valence-electron chi connectivity index (χ3n) is 5.61. The van der Waals surface area contributed by atoms with Crippen molar-refractivity contribution in [1.29, 1.82) is 0 Å². The van der Waals surface area contributed by atoms with E-state index in [4.69, 9.17) is 9.40 Å². The first kappa shape index (κ1) is 21.3. The van der Waals surface area contributed by atoms with Crippen LogP contribution >= 0.6 is 0 Å². The summed E-state index contributed by atoms with van der Waals surface area (Å²) in [6, 6.07) is 3.86. The predicted molar refractivity (Wildman–Crippen MR) is 114 cm³/mol. The van der Waals surface area contributed by atoms with Crippen molar-refractivity contribution >= 4 is 11.9 Å². The lowest BCUT2D eigenvalue weighted by Crippen LogP contribution is -2.35. The highest BCUT2D eigenvalue weighted by molar-refractivity contribution is 5.91. The fourth-order valence-corrected chi connectivity index (χ4v) is 3.93. The third kappa shape index (κ3) is 5.35. The van der Waals surface area contributed by atoms with Crippen molar-refractivity contribution in [2.45, 2.75) is 64.6 Å². The van der Waals surface area contributed by atoms with Gasteiger partial charge in [0.05, 0.1) is 12.6 Å². The van der Waals surface area contributed by atoms with Crippen LogP contribution in [0.5, 0.6) is 0 Å². The van der Waals surface area contributed by atoms with Gasteiger partial charge in [0.15, 0.2) is 5.76 Å². The minimum atomic E-state index is -0.231. The molecule has 0 aliphatic heterocycles. The number of hydrogen-bond acceptors (Lipinski definition) is 6. The molecule has 3 rings (SSSR count). The van der Waals surface area contributed by atoms with Crippen molar-refractivity contribution < 1.29 is 9.21 Å². The van der Waals surface area contributed by atoms with E-state index >= 15 is 0 Å². The number of carbonyl (C=O) groups excluding carboxylic acids is 1. The Morgan fingerprint density at radius 3 is 2.62 bits per heavy atom. The van der Waals surface area contributed by atoms with Gasteiger partial charge in [0.2, 0.25) is 5.95 Å². The molecule has 29 heavy (non-hydrogen) atoms. The van der Waals surface area contributed by atoms with Gasteiger partial charge in [-0.1, -0.05) is 19.3 Å². The fraction of sp³-hybridized carbons (Fsp3) is 0.591. The van der Waals surface area contributed by atoms with Gasteiger partial charge in [-0.15, -0.1) is 0 Å². The molecule has 0 radical (unpaired) electrons. The summed E-state index contributed by atoms with van der Waals surface area (Å²) in [5.41, 5.74) is 1.80. The van der Waals surface area contributed by atoms with E-state index in [0.717, 1.165) is 23.0 Å². The van der Waals surface area contributed by atoms with Crippen LogP contribution in [-0.4, -0.2) is 48.0 Å². The van der Waals surface area contributed by atoms with E-state index < -0.39 is 0 Å². The monoisotopic (exact) mass is 399 g/mol. The second-order valence-electron chi connectivity index (χ2n) is 8.31. The predicted octanol–water partition coefficient (Wildman–Crippen LogP) is 3.70. The number of amides is 1. The lowest BCUT2D eigenvalue weighted by Gasteiger charge is -2.31. The van der Waals surface area contributed by atoms with E-state index in [1.807, 2.05) is 45.1 Å². The van der Waals surface area contributed by atoms with Gasteiger partial charge in [-0.2, -0.15) is 0 Å². The van der Waals surface area contributed by atoms with Crippen LogP contribution in [-0.2, 0) is 6.54 Å². The van der Waals surface area contributed by atoms with Crippen molar-refractivity contribution in [1.82, 2.24) is 20.2 Å². The Morgan fingerprint density at radius 2 is 1.97 bits per heavy atom. The van der Waals surface area contributed by atoms with Crippen LogP contribution in [0.2, 0.25) is 0 Å². The zero-order valence-corrected chi connectivity index (χ0v) is 18.2. The van der Waals surface area contributed by atoms with E-state index in [2.05, 4.69) is 22.2 Å². The highest BCUT2D eigenvalue weighted by Gasteiger charge is 2.22. The first-order valence-electron chi connectivity index (χ1n) is 10.5. The molecule has 1 atom stereocenters. The zero-order valence-electron chi connectivity index (χ0n) is 18.2. The number of rotatable bonds is 7. The van der Waals surface area contributed by atoms with Crippen LogP contribution in [0.1, 0.15) is 72.6 Å². The number of anilines is 1. The van der Waals surface area contributed by atoms with Crippen LogP contribution < -0.4 is 10.2 Å². The molecule has 1 aliphatic rings. The maximum atomic E-state index is 12.6. The summed E-state index contributed by atoms with van der Waals surface area (Å²) in [6.45, 7) is 4.57. The minimum absolute atomic E-state index is 0.209. The van der Waals surface area contributed by atoms with Crippen molar-refractivity contribution in [3.05, 3.63) is 41.1 Å². The molecule has 1 saturated carbocycles. The number of aryl methyl sites for hydroxylation is 1. The summed E-state index contributed by atoms with van der Waals surface area (Å²) in [4.78, 5) is 26.1. The zero-order chi connectivity index (χ0) is 21.0. The molecule has 1 N–H and O–H groups in total. The Morgan fingerprint density at radius 1 is 1.24 bits per heavy atom. The van der Waals surface area contributed by atoms with Crippen LogP contribution in [0.25, 0.3) is 0 Å². The Bertz CT molecular complexity index is 826. The Labute approximate surface area is 173 Å². The van der Waals surface area contributed by atoms with E-state index in [9.17, 15) is 4.79 Å². The molecule has 2 heterocycles. The molecule has 2 aromatic rings. The molecule has 0 unspecified atom stereocenters. The Hall–Kier alpha value is -2.41. The summed E-state index contributed by atoms with van der Waals surface area (Å²) in [5.74, 6) is 1.62.